The summed E-state index contributed by atoms with van der Waals surface area (Å²) in [6.45, 7) is 7.52. The first-order valence-electron chi connectivity index (χ1n) is 6.64. The van der Waals surface area contributed by atoms with Crippen LogP contribution in [0.4, 0.5) is 5.82 Å². The van der Waals surface area contributed by atoms with E-state index in [1.54, 1.807) is 6.07 Å². The maximum absolute atomic E-state index is 7.45. The molecule has 0 saturated heterocycles. The molecule has 3 N–H and O–H groups in total. The van der Waals surface area contributed by atoms with Crippen LogP contribution in [0.3, 0.4) is 0 Å². The average Bonchev–Trinajstić information content (AvgIpc) is 2.34. The molecule has 0 atom stereocenters. The van der Waals surface area contributed by atoms with Crippen LogP contribution in [0.1, 0.15) is 45.7 Å². The van der Waals surface area contributed by atoms with Crippen LogP contribution in [0.15, 0.2) is 18.2 Å². The van der Waals surface area contributed by atoms with Gasteiger partial charge in [-0.25, -0.2) is 4.98 Å². The Morgan fingerprint density at radius 2 is 2.11 bits per heavy atom. The standard InChI is InChI=1S/C14H24N4/c1-4-5-6-10-18(11(2)3)13-9-7-8-12(17-13)14(15)16/h7-9,11H,4-6,10H2,1-3H3,(H3,15,16). The van der Waals surface area contributed by atoms with E-state index in [0.717, 1.165) is 12.4 Å². The van der Waals surface area contributed by atoms with E-state index in [1.807, 2.05) is 12.1 Å². The zero-order chi connectivity index (χ0) is 13.5. The van der Waals surface area contributed by atoms with Crippen molar-refractivity contribution in [3.63, 3.8) is 0 Å². The van der Waals surface area contributed by atoms with Crippen molar-refractivity contribution in [2.75, 3.05) is 11.4 Å². The van der Waals surface area contributed by atoms with Gasteiger partial charge in [0.1, 0.15) is 17.3 Å². The normalized spacial score (nSPS) is 10.7. The Hall–Kier alpha value is -1.58. The van der Waals surface area contributed by atoms with Gasteiger partial charge in [0.05, 0.1) is 0 Å². The van der Waals surface area contributed by atoms with Gasteiger partial charge in [-0.05, 0) is 32.4 Å². The van der Waals surface area contributed by atoms with Crippen molar-refractivity contribution in [3.05, 3.63) is 23.9 Å². The molecule has 0 fully saturated rings. The highest BCUT2D eigenvalue weighted by Crippen LogP contribution is 2.16. The number of anilines is 1. The van der Waals surface area contributed by atoms with Crippen LogP contribution in [0, 0.1) is 5.41 Å². The Morgan fingerprint density at radius 3 is 2.67 bits per heavy atom. The number of nitrogens with zero attached hydrogens (tertiary/aromatic N) is 2. The number of pyridine rings is 1. The predicted molar refractivity (Wildman–Crippen MR) is 77.3 cm³/mol. The second-order valence-corrected chi connectivity index (χ2v) is 4.79. The van der Waals surface area contributed by atoms with E-state index in [4.69, 9.17) is 11.1 Å². The lowest BCUT2D eigenvalue weighted by Crippen LogP contribution is -2.33. The third kappa shape index (κ3) is 4.02. The van der Waals surface area contributed by atoms with Crippen molar-refractivity contribution in [2.45, 2.75) is 46.1 Å². The average molecular weight is 248 g/mol. The number of nitrogens with two attached hydrogens (primary N) is 1. The summed E-state index contributed by atoms with van der Waals surface area (Å²) in [5.74, 6) is 0.933. The Morgan fingerprint density at radius 1 is 1.39 bits per heavy atom. The lowest BCUT2D eigenvalue weighted by molar-refractivity contribution is 0.620. The molecule has 0 aliphatic heterocycles. The number of aromatic nitrogens is 1. The number of hydrogen-bond donors (Lipinski definition) is 2. The first kappa shape index (κ1) is 14.5. The van der Waals surface area contributed by atoms with E-state index >= 15 is 0 Å². The highest BCUT2D eigenvalue weighted by atomic mass is 15.2. The molecule has 0 amide bonds. The molecule has 4 heteroatoms. The summed E-state index contributed by atoms with van der Waals surface area (Å²) in [5, 5.41) is 7.45. The molecule has 0 aromatic carbocycles. The van der Waals surface area contributed by atoms with Crippen LogP contribution in [0.2, 0.25) is 0 Å². The minimum absolute atomic E-state index is 0.0223. The molecule has 0 unspecified atom stereocenters. The molecule has 1 rings (SSSR count). The van der Waals surface area contributed by atoms with E-state index in [1.165, 1.54) is 19.3 Å². The number of hydrogen-bond acceptors (Lipinski definition) is 3. The lowest BCUT2D eigenvalue weighted by atomic mass is 10.2. The molecule has 0 aliphatic carbocycles. The van der Waals surface area contributed by atoms with Crippen LogP contribution in [0.25, 0.3) is 0 Å². The van der Waals surface area contributed by atoms with Crippen molar-refractivity contribution in [1.82, 2.24) is 4.98 Å². The number of unbranched alkanes of at least 4 members (excludes halogenated alkanes) is 2. The quantitative estimate of drug-likeness (QED) is 0.443. The van der Waals surface area contributed by atoms with Gasteiger partial charge in [0.25, 0.3) is 0 Å². The highest BCUT2D eigenvalue weighted by Gasteiger charge is 2.12. The summed E-state index contributed by atoms with van der Waals surface area (Å²) >= 11 is 0. The monoisotopic (exact) mass is 248 g/mol. The van der Waals surface area contributed by atoms with E-state index in [0.29, 0.717) is 11.7 Å². The minimum Gasteiger partial charge on any atom is -0.382 e. The van der Waals surface area contributed by atoms with Crippen LogP contribution >= 0.6 is 0 Å². The van der Waals surface area contributed by atoms with Gasteiger partial charge in [-0.2, -0.15) is 0 Å². The molecule has 1 heterocycles. The fraction of sp³-hybridized carbons (Fsp3) is 0.571. The van der Waals surface area contributed by atoms with Gasteiger partial charge in [0.15, 0.2) is 0 Å². The first-order chi connectivity index (χ1) is 8.56. The van der Waals surface area contributed by atoms with Crippen LogP contribution < -0.4 is 10.6 Å². The van der Waals surface area contributed by atoms with Gasteiger partial charge in [-0.1, -0.05) is 25.8 Å². The molecule has 0 aliphatic rings. The summed E-state index contributed by atoms with van der Waals surface area (Å²) in [4.78, 5) is 6.71. The van der Waals surface area contributed by atoms with Gasteiger partial charge in [-0.15, -0.1) is 0 Å². The van der Waals surface area contributed by atoms with Crippen LogP contribution in [0.5, 0.6) is 0 Å². The van der Waals surface area contributed by atoms with E-state index in [2.05, 4.69) is 30.7 Å². The van der Waals surface area contributed by atoms with Crippen molar-refractivity contribution in [1.29, 1.82) is 5.41 Å². The minimum atomic E-state index is 0.0223. The number of amidine groups is 1. The van der Waals surface area contributed by atoms with Crippen LogP contribution in [-0.2, 0) is 0 Å². The second-order valence-electron chi connectivity index (χ2n) is 4.79. The summed E-state index contributed by atoms with van der Waals surface area (Å²) in [6, 6.07) is 6.07. The molecule has 0 saturated carbocycles. The van der Waals surface area contributed by atoms with E-state index < -0.39 is 0 Å². The summed E-state index contributed by atoms with van der Waals surface area (Å²) in [5.41, 5.74) is 6.03. The zero-order valence-corrected chi connectivity index (χ0v) is 11.6. The summed E-state index contributed by atoms with van der Waals surface area (Å²) in [7, 11) is 0. The van der Waals surface area contributed by atoms with Crippen LogP contribution in [-0.4, -0.2) is 23.4 Å². The largest absolute Gasteiger partial charge is 0.382 e. The van der Waals surface area contributed by atoms with Gasteiger partial charge >= 0.3 is 0 Å². The molecule has 0 radical (unpaired) electrons. The first-order valence-corrected chi connectivity index (χ1v) is 6.64. The Labute approximate surface area is 110 Å². The molecule has 1 aromatic heterocycles. The lowest BCUT2D eigenvalue weighted by Gasteiger charge is -2.28. The predicted octanol–water partition coefficient (Wildman–Crippen LogP) is 2.77. The maximum Gasteiger partial charge on any atom is 0.141 e. The number of nitrogens with one attached hydrogen (secondary N) is 1. The zero-order valence-electron chi connectivity index (χ0n) is 11.6. The van der Waals surface area contributed by atoms with E-state index in [9.17, 15) is 0 Å². The van der Waals surface area contributed by atoms with Crippen molar-refractivity contribution >= 4 is 11.7 Å². The van der Waals surface area contributed by atoms with Gasteiger partial charge in [-0.3, -0.25) is 5.41 Å². The Kier molecular flexibility index (Phi) is 5.62. The molecule has 18 heavy (non-hydrogen) atoms. The second kappa shape index (κ2) is 6.99. The van der Waals surface area contributed by atoms with Crippen molar-refractivity contribution < 1.29 is 0 Å². The van der Waals surface area contributed by atoms with Crippen molar-refractivity contribution in [2.24, 2.45) is 5.73 Å². The van der Waals surface area contributed by atoms with Gasteiger partial charge < -0.3 is 10.6 Å². The summed E-state index contributed by atoms with van der Waals surface area (Å²) < 4.78 is 0. The number of rotatable bonds is 7. The molecule has 1 aromatic rings. The topological polar surface area (TPSA) is 66.0 Å². The highest BCUT2D eigenvalue weighted by molar-refractivity contribution is 5.93. The molecule has 0 spiro atoms. The fourth-order valence-corrected chi connectivity index (χ4v) is 1.90. The third-order valence-electron chi connectivity index (χ3n) is 2.93. The maximum atomic E-state index is 7.45. The SMILES string of the molecule is CCCCCN(c1cccc(C(=N)N)n1)C(C)C. The Balaban J connectivity index is 2.84. The molecular weight excluding hydrogens is 224 g/mol. The fourth-order valence-electron chi connectivity index (χ4n) is 1.90. The van der Waals surface area contributed by atoms with E-state index in [-0.39, 0.29) is 5.84 Å². The smallest absolute Gasteiger partial charge is 0.141 e. The molecular formula is C14H24N4. The molecule has 4 nitrogen and oxygen atoms in total. The number of nitrogen functional groups attached to an aromatic ring is 1. The molecule has 0 bridgehead atoms. The van der Waals surface area contributed by atoms with Crippen molar-refractivity contribution in [3.8, 4) is 0 Å². The summed E-state index contributed by atoms with van der Waals surface area (Å²) in [6.07, 6.45) is 3.61. The van der Waals surface area contributed by atoms with Gasteiger partial charge in [0.2, 0.25) is 0 Å². The Bertz CT molecular complexity index is 387. The molecule has 100 valence electrons. The van der Waals surface area contributed by atoms with Gasteiger partial charge in [0, 0.05) is 12.6 Å². The third-order valence-corrected chi connectivity index (χ3v) is 2.93.